The summed E-state index contributed by atoms with van der Waals surface area (Å²) in [6.45, 7) is 1.79. The monoisotopic (exact) mass is 329 g/mol. The minimum absolute atomic E-state index is 0. The van der Waals surface area contributed by atoms with Crippen LogP contribution >= 0.6 is 12.4 Å². The first-order chi connectivity index (χ1) is 10.1. The normalized spacial score (nSPS) is 14.8. The van der Waals surface area contributed by atoms with Crippen LogP contribution in [-0.4, -0.2) is 48.5 Å². The van der Waals surface area contributed by atoms with Gasteiger partial charge in [0.1, 0.15) is 5.75 Å². The summed E-state index contributed by atoms with van der Waals surface area (Å²) in [4.78, 5) is 23.9. The molecule has 1 fully saturated rings. The maximum Gasteiger partial charge on any atom is 0.269 e. The quantitative estimate of drug-likeness (QED) is 0.655. The summed E-state index contributed by atoms with van der Waals surface area (Å²) < 4.78 is 5.39. The second-order valence-electron chi connectivity index (χ2n) is 5.03. The molecule has 7 nitrogen and oxygen atoms in total. The van der Waals surface area contributed by atoms with E-state index in [1.54, 1.807) is 11.9 Å². The molecule has 1 amide bonds. The Labute approximate surface area is 135 Å². The fourth-order valence-electron chi connectivity index (χ4n) is 2.31. The molecule has 122 valence electrons. The van der Waals surface area contributed by atoms with E-state index in [9.17, 15) is 14.9 Å². The minimum atomic E-state index is -0.472. The van der Waals surface area contributed by atoms with Crippen LogP contribution in [-0.2, 0) is 4.79 Å². The van der Waals surface area contributed by atoms with Crippen LogP contribution < -0.4 is 10.1 Å². The first kappa shape index (κ1) is 18.2. The van der Waals surface area contributed by atoms with Crippen molar-refractivity contribution in [1.82, 2.24) is 10.2 Å². The molecule has 0 spiro atoms. The lowest BCUT2D eigenvalue weighted by Crippen LogP contribution is -2.45. The van der Waals surface area contributed by atoms with Gasteiger partial charge in [0.25, 0.3) is 11.6 Å². The van der Waals surface area contributed by atoms with Gasteiger partial charge in [0.05, 0.1) is 4.92 Å². The van der Waals surface area contributed by atoms with Crippen molar-refractivity contribution in [1.29, 1.82) is 0 Å². The second-order valence-corrected chi connectivity index (χ2v) is 5.03. The molecule has 0 atom stereocenters. The van der Waals surface area contributed by atoms with Gasteiger partial charge in [-0.25, -0.2) is 0 Å². The molecule has 1 heterocycles. The number of piperidine rings is 1. The van der Waals surface area contributed by atoms with Crippen molar-refractivity contribution in [3.05, 3.63) is 34.4 Å². The Hall–Kier alpha value is -1.86. The Morgan fingerprint density at radius 3 is 2.50 bits per heavy atom. The molecule has 0 saturated carbocycles. The summed E-state index contributed by atoms with van der Waals surface area (Å²) in [5.41, 5.74) is 0.000463. The lowest BCUT2D eigenvalue weighted by Gasteiger charge is -2.31. The number of carbonyl (C=O) groups is 1. The zero-order valence-electron chi connectivity index (χ0n) is 12.4. The van der Waals surface area contributed by atoms with Crippen molar-refractivity contribution in [2.75, 3.05) is 26.7 Å². The van der Waals surface area contributed by atoms with E-state index in [2.05, 4.69) is 5.32 Å². The predicted octanol–water partition coefficient (Wildman–Crippen LogP) is 1.61. The molecule has 22 heavy (non-hydrogen) atoms. The maximum absolute atomic E-state index is 12.1. The molecular formula is C14H20ClN3O4. The molecule has 0 unspecified atom stereocenters. The van der Waals surface area contributed by atoms with Gasteiger partial charge in [-0.15, -0.1) is 12.4 Å². The molecule has 1 aromatic rings. The van der Waals surface area contributed by atoms with Crippen LogP contribution in [0.3, 0.4) is 0 Å². The fraction of sp³-hybridized carbons (Fsp3) is 0.500. The Morgan fingerprint density at radius 2 is 1.95 bits per heavy atom. The second kappa shape index (κ2) is 8.55. The highest BCUT2D eigenvalue weighted by Gasteiger charge is 2.22. The van der Waals surface area contributed by atoms with Gasteiger partial charge in [0.2, 0.25) is 0 Å². The van der Waals surface area contributed by atoms with E-state index in [4.69, 9.17) is 4.74 Å². The van der Waals surface area contributed by atoms with E-state index in [1.165, 1.54) is 24.3 Å². The number of nitrogens with one attached hydrogen (secondary N) is 1. The molecule has 1 aliphatic heterocycles. The molecule has 2 rings (SSSR count). The van der Waals surface area contributed by atoms with E-state index < -0.39 is 4.92 Å². The topological polar surface area (TPSA) is 84.7 Å². The first-order valence-corrected chi connectivity index (χ1v) is 6.91. The van der Waals surface area contributed by atoms with Crippen LogP contribution in [0.4, 0.5) is 5.69 Å². The summed E-state index contributed by atoms with van der Waals surface area (Å²) in [5.74, 6) is 0.368. The van der Waals surface area contributed by atoms with Crippen molar-refractivity contribution in [2.24, 2.45) is 0 Å². The molecule has 0 aromatic heterocycles. The molecule has 0 bridgehead atoms. The standard InChI is InChI=1S/C14H19N3O4.ClH/c1-16(11-6-8-15-9-7-11)14(18)10-21-13-4-2-12(3-5-13)17(19)20;/h2-5,11,15H,6-10H2,1H3;1H. The van der Waals surface area contributed by atoms with E-state index in [0.29, 0.717) is 5.75 Å². The van der Waals surface area contributed by atoms with Crippen molar-refractivity contribution in [3.8, 4) is 5.75 Å². The van der Waals surface area contributed by atoms with Crippen LogP contribution in [0.5, 0.6) is 5.75 Å². The van der Waals surface area contributed by atoms with E-state index >= 15 is 0 Å². The summed E-state index contributed by atoms with van der Waals surface area (Å²) in [5, 5.41) is 13.8. The highest BCUT2D eigenvalue weighted by Crippen LogP contribution is 2.17. The van der Waals surface area contributed by atoms with Gasteiger partial charge in [0, 0.05) is 25.2 Å². The van der Waals surface area contributed by atoms with Crippen LogP contribution in [0.2, 0.25) is 0 Å². The van der Waals surface area contributed by atoms with Gasteiger partial charge in [-0.1, -0.05) is 0 Å². The van der Waals surface area contributed by atoms with Crippen LogP contribution in [0.15, 0.2) is 24.3 Å². The molecule has 1 saturated heterocycles. The van der Waals surface area contributed by atoms with Crippen LogP contribution in [0.1, 0.15) is 12.8 Å². The molecule has 8 heteroatoms. The Balaban J connectivity index is 0.00000242. The Morgan fingerprint density at radius 1 is 1.36 bits per heavy atom. The van der Waals surface area contributed by atoms with E-state index in [0.717, 1.165) is 25.9 Å². The van der Waals surface area contributed by atoms with Gasteiger partial charge in [-0.3, -0.25) is 14.9 Å². The lowest BCUT2D eigenvalue weighted by atomic mass is 10.1. The summed E-state index contributed by atoms with van der Waals surface area (Å²) >= 11 is 0. The molecule has 1 aliphatic rings. The average molecular weight is 330 g/mol. The molecular weight excluding hydrogens is 310 g/mol. The smallest absolute Gasteiger partial charge is 0.269 e. The highest BCUT2D eigenvalue weighted by atomic mass is 35.5. The lowest BCUT2D eigenvalue weighted by molar-refractivity contribution is -0.384. The van der Waals surface area contributed by atoms with Crippen molar-refractivity contribution < 1.29 is 14.5 Å². The maximum atomic E-state index is 12.1. The third-order valence-electron chi connectivity index (χ3n) is 3.66. The van der Waals surface area contributed by atoms with E-state index in [-0.39, 0.29) is 36.7 Å². The van der Waals surface area contributed by atoms with Crippen LogP contribution in [0, 0.1) is 10.1 Å². The molecule has 1 N–H and O–H groups in total. The zero-order valence-corrected chi connectivity index (χ0v) is 13.2. The number of non-ortho nitro benzene ring substituents is 1. The van der Waals surface area contributed by atoms with Crippen molar-refractivity contribution in [2.45, 2.75) is 18.9 Å². The van der Waals surface area contributed by atoms with Crippen molar-refractivity contribution in [3.63, 3.8) is 0 Å². The predicted molar refractivity (Wildman–Crippen MR) is 84.5 cm³/mol. The number of benzene rings is 1. The largest absolute Gasteiger partial charge is 0.484 e. The number of amides is 1. The number of hydrogen-bond donors (Lipinski definition) is 1. The number of halogens is 1. The number of nitro benzene ring substituents is 1. The van der Waals surface area contributed by atoms with Crippen molar-refractivity contribution >= 4 is 24.0 Å². The summed E-state index contributed by atoms with van der Waals surface area (Å²) in [6.07, 6.45) is 1.89. The number of carbonyl (C=O) groups excluding carboxylic acids is 1. The van der Waals surface area contributed by atoms with Gasteiger partial charge in [-0.2, -0.15) is 0 Å². The summed E-state index contributed by atoms with van der Waals surface area (Å²) in [6, 6.07) is 5.96. The van der Waals surface area contributed by atoms with Gasteiger partial charge in [0.15, 0.2) is 6.61 Å². The highest BCUT2D eigenvalue weighted by molar-refractivity contribution is 5.85. The summed E-state index contributed by atoms with van der Waals surface area (Å²) in [7, 11) is 1.79. The number of likely N-dealkylation sites (N-methyl/N-ethyl adjacent to an activating group) is 1. The van der Waals surface area contributed by atoms with Gasteiger partial charge < -0.3 is 15.0 Å². The number of nitrogens with zero attached hydrogens (tertiary/aromatic N) is 2. The fourth-order valence-corrected chi connectivity index (χ4v) is 2.31. The SMILES string of the molecule is CN(C(=O)COc1ccc([N+](=O)[O-])cc1)C1CCNCC1.Cl. The number of hydrogen-bond acceptors (Lipinski definition) is 5. The number of nitro groups is 1. The minimum Gasteiger partial charge on any atom is -0.484 e. The van der Waals surface area contributed by atoms with Gasteiger partial charge in [-0.05, 0) is 38.1 Å². The zero-order chi connectivity index (χ0) is 15.2. The molecule has 0 radical (unpaired) electrons. The molecule has 1 aromatic carbocycles. The van der Waals surface area contributed by atoms with Gasteiger partial charge >= 0.3 is 0 Å². The van der Waals surface area contributed by atoms with E-state index in [1.807, 2.05) is 0 Å². The Kier molecular flexibility index (Phi) is 7.07. The molecule has 0 aliphatic carbocycles. The first-order valence-electron chi connectivity index (χ1n) is 6.91. The van der Waals surface area contributed by atoms with Crippen LogP contribution in [0.25, 0.3) is 0 Å². The average Bonchev–Trinajstić information content (AvgIpc) is 2.53. The Bertz CT molecular complexity index is 503. The number of rotatable bonds is 5. The third-order valence-corrected chi connectivity index (χ3v) is 3.66. The third kappa shape index (κ3) is 4.85. The number of ether oxygens (including phenoxy) is 1.